The number of rotatable bonds is 3. The van der Waals surface area contributed by atoms with Gasteiger partial charge in [-0.2, -0.15) is 0 Å². The molecule has 0 atom stereocenters. The summed E-state index contributed by atoms with van der Waals surface area (Å²) in [6.07, 6.45) is 6.59. The van der Waals surface area contributed by atoms with Gasteiger partial charge in [-0.15, -0.1) is 0 Å². The average Bonchev–Trinajstić information content (AvgIpc) is 2.56. The van der Waals surface area contributed by atoms with Crippen LogP contribution in [0.15, 0.2) is 65.7 Å². The van der Waals surface area contributed by atoms with E-state index in [2.05, 4.69) is 10.3 Å². The largest absolute Gasteiger partial charge is 0.506 e. The van der Waals surface area contributed by atoms with E-state index >= 15 is 0 Å². The molecule has 2 aromatic carbocycles. The lowest BCUT2D eigenvalue weighted by atomic mass is 10.1. The summed E-state index contributed by atoms with van der Waals surface area (Å²) >= 11 is 0. The highest BCUT2D eigenvalue weighted by molar-refractivity contribution is 6.18. The van der Waals surface area contributed by atoms with E-state index in [9.17, 15) is 10.2 Å². The first-order chi connectivity index (χ1) is 11.5. The van der Waals surface area contributed by atoms with Gasteiger partial charge in [0.1, 0.15) is 17.2 Å². The summed E-state index contributed by atoms with van der Waals surface area (Å²) in [6, 6.07) is 9.84. The van der Waals surface area contributed by atoms with Crippen molar-refractivity contribution in [2.45, 2.75) is 0 Å². The third kappa shape index (κ3) is 3.44. The number of hydrogen-bond donors (Lipinski definition) is 5. The zero-order valence-electron chi connectivity index (χ0n) is 12.7. The van der Waals surface area contributed by atoms with Gasteiger partial charge in [-0.3, -0.25) is 0 Å². The molecule has 0 amide bonds. The van der Waals surface area contributed by atoms with Crippen molar-refractivity contribution in [2.24, 2.45) is 4.99 Å². The minimum absolute atomic E-state index is 0.0928. The lowest BCUT2D eigenvalue weighted by Crippen LogP contribution is -1.98. The Bertz CT molecular complexity index is 863. The molecule has 0 spiro atoms. The zero-order chi connectivity index (χ0) is 17.1. The summed E-state index contributed by atoms with van der Waals surface area (Å²) in [4.78, 5) is 4.33. The molecule has 3 rings (SSSR count). The number of benzene rings is 2. The number of aliphatic imine (C=N–C) groups is 1. The Labute approximate surface area is 138 Å². The molecule has 120 valence electrons. The molecule has 0 saturated carbocycles. The number of phenols is 2. The smallest absolute Gasteiger partial charge is 0.145 e. The van der Waals surface area contributed by atoms with Gasteiger partial charge in [0.2, 0.25) is 0 Å². The fourth-order valence-electron chi connectivity index (χ4n) is 2.15. The molecule has 0 unspecified atom stereocenters. The maximum absolute atomic E-state index is 10.0. The van der Waals surface area contributed by atoms with Crippen LogP contribution in [0.3, 0.4) is 0 Å². The summed E-state index contributed by atoms with van der Waals surface area (Å²) in [5.74, 6) is -0.227. The first kappa shape index (κ1) is 15.4. The van der Waals surface area contributed by atoms with E-state index in [0.29, 0.717) is 28.5 Å². The van der Waals surface area contributed by atoms with Gasteiger partial charge in [-0.05, 0) is 54.6 Å². The Kier molecular flexibility index (Phi) is 4.03. The van der Waals surface area contributed by atoms with E-state index in [1.165, 1.54) is 6.07 Å². The molecule has 24 heavy (non-hydrogen) atoms. The van der Waals surface area contributed by atoms with Crippen LogP contribution in [0.5, 0.6) is 11.5 Å². The van der Waals surface area contributed by atoms with Crippen molar-refractivity contribution in [1.29, 1.82) is 5.41 Å². The summed E-state index contributed by atoms with van der Waals surface area (Å²) in [7, 11) is 0. The number of nitrogen functional groups attached to an aromatic ring is 1. The van der Waals surface area contributed by atoms with Crippen molar-refractivity contribution in [3.63, 3.8) is 0 Å². The van der Waals surface area contributed by atoms with E-state index in [-0.39, 0.29) is 11.5 Å². The molecule has 1 aliphatic carbocycles. The van der Waals surface area contributed by atoms with Crippen LogP contribution in [0.1, 0.15) is 0 Å². The van der Waals surface area contributed by atoms with E-state index in [1.54, 1.807) is 54.6 Å². The van der Waals surface area contributed by atoms with E-state index in [0.717, 1.165) is 5.69 Å². The highest BCUT2D eigenvalue weighted by Crippen LogP contribution is 2.38. The Hall–Kier alpha value is -3.54. The van der Waals surface area contributed by atoms with Crippen LogP contribution < -0.4 is 11.1 Å². The molecular formula is C18H16N4O2. The number of phenolic OH excluding ortho intramolecular Hbond substituents is 2. The van der Waals surface area contributed by atoms with E-state index < -0.39 is 0 Å². The van der Waals surface area contributed by atoms with Crippen LogP contribution in [0.25, 0.3) is 0 Å². The standard InChI is InChI=1S/C18H16N4O2/c19-11-1-5-13(6-2-11)21-15-9-16(18(24)10-17(15)23)22-14-7-3-12(20)4-8-14/h1-10,19,22-24H,20H2. The second-order valence-corrected chi connectivity index (χ2v) is 5.26. The number of nitrogens with two attached hydrogens (primary N) is 1. The van der Waals surface area contributed by atoms with Gasteiger partial charge in [-0.25, -0.2) is 4.99 Å². The van der Waals surface area contributed by atoms with Gasteiger partial charge in [-0.1, -0.05) is 0 Å². The number of allylic oxidation sites excluding steroid dienone is 4. The van der Waals surface area contributed by atoms with Gasteiger partial charge < -0.3 is 26.7 Å². The number of anilines is 3. The third-order valence-corrected chi connectivity index (χ3v) is 3.40. The van der Waals surface area contributed by atoms with Gasteiger partial charge >= 0.3 is 0 Å². The lowest BCUT2D eigenvalue weighted by Gasteiger charge is -2.11. The fourth-order valence-corrected chi connectivity index (χ4v) is 2.15. The van der Waals surface area contributed by atoms with Crippen LogP contribution in [0.4, 0.5) is 22.7 Å². The minimum Gasteiger partial charge on any atom is -0.506 e. The van der Waals surface area contributed by atoms with Gasteiger partial charge in [0.25, 0.3) is 0 Å². The molecule has 0 saturated heterocycles. The molecule has 0 heterocycles. The molecular weight excluding hydrogens is 304 g/mol. The van der Waals surface area contributed by atoms with Crippen molar-refractivity contribution in [2.75, 3.05) is 11.1 Å². The van der Waals surface area contributed by atoms with E-state index in [4.69, 9.17) is 11.1 Å². The molecule has 1 aliphatic rings. The van der Waals surface area contributed by atoms with Crippen LogP contribution in [-0.4, -0.2) is 21.6 Å². The van der Waals surface area contributed by atoms with Gasteiger partial charge in [0, 0.05) is 17.4 Å². The Morgan fingerprint density at radius 1 is 0.917 bits per heavy atom. The molecule has 0 aromatic heterocycles. The molecule has 0 aliphatic heterocycles. The first-order valence-corrected chi connectivity index (χ1v) is 7.23. The molecule has 6 nitrogen and oxygen atoms in total. The number of nitrogens with zero attached hydrogens (tertiary/aromatic N) is 1. The fraction of sp³-hybridized carbons (Fsp3) is 0. The van der Waals surface area contributed by atoms with Crippen molar-refractivity contribution in [1.82, 2.24) is 0 Å². The monoisotopic (exact) mass is 320 g/mol. The lowest BCUT2D eigenvalue weighted by molar-refractivity contribution is 0.453. The van der Waals surface area contributed by atoms with Crippen LogP contribution in [0.2, 0.25) is 0 Å². The minimum atomic E-state index is -0.134. The normalized spacial score (nSPS) is 13.2. The molecule has 6 N–H and O–H groups in total. The second-order valence-electron chi connectivity index (χ2n) is 5.26. The molecule has 0 bridgehead atoms. The summed E-state index contributed by atoms with van der Waals surface area (Å²) in [5.41, 5.74) is 8.75. The Balaban J connectivity index is 1.92. The van der Waals surface area contributed by atoms with Crippen molar-refractivity contribution in [3.05, 3.63) is 60.7 Å². The van der Waals surface area contributed by atoms with Crippen LogP contribution in [-0.2, 0) is 0 Å². The summed E-state index contributed by atoms with van der Waals surface area (Å²) < 4.78 is 0. The van der Waals surface area contributed by atoms with Crippen molar-refractivity contribution < 1.29 is 10.2 Å². The topological polar surface area (TPSA) is 115 Å². The molecule has 0 radical (unpaired) electrons. The van der Waals surface area contributed by atoms with Crippen LogP contribution >= 0.6 is 0 Å². The zero-order valence-corrected chi connectivity index (χ0v) is 12.7. The quantitative estimate of drug-likeness (QED) is 0.257. The predicted octanol–water partition coefficient (Wildman–Crippen LogP) is 3.64. The number of nitrogens with one attached hydrogen (secondary N) is 2. The first-order valence-electron chi connectivity index (χ1n) is 7.23. The number of aromatic hydroxyl groups is 2. The third-order valence-electron chi connectivity index (χ3n) is 3.40. The molecule has 6 heteroatoms. The highest BCUT2D eigenvalue weighted by atomic mass is 16.3. The maximum atomic E-state index is 10.0. The van der Waals surface area contributed by atoms with E-state index in [1.807, 2.05) is 0 Å². The predicted molar refractivity (Wildman–Crippen MR) is 97.0 cm³/mol. The second kappa shape index (κ2) is 6.29. The summed E-state index contributed by atoms with van der Waals surface area (Å²) in [6.45, 7) is 0. The Morgan fingerprint density at radius 2 is 1.58 bits per heavy atom. The van der Waals surface area contributed by atoms with Crippen molar-refractivity contribution >= 4 is 34.2 Å². The van der Waals surface area contributed by atoms with Gasteiger partial charge in [0.05, 0.1) is 17.1 Å². The average molecular weight is 320 g/mol. The van der Waals surface area contributed by atoms with Crippen molar-refractivity contribution in [3.8, 4) is 11.5 Å². The molecule has 0 fully saturated rings. The van der Waals surface area contributed by atoms with Gasteiger partial charge in [0.15, 0.2) is 0 Å². The highest BCUT2D eigenvalue weighted by Gasteiger charge is 2.09. The Morgan fingerprint density at radius 3 is 2.25 bits per heavy atom. The SMILES string of the molecule is N=C1C=CC(=Nc2cc(Nc3ccc(N)cc3)c(O)cc2O)C=C1. The van der Waals surface area contributed by atoms with Crippen LogP contribution in [0, 0.1) is 5.41 Å². The maximum Gasteiger partial charge on any atom is 0.145 e. The molecule has 2 aromatic rings. The summed E-state index contributed by atoms with van der Waals surface area (Å²) in [5, 5.41) is 30.5. The number of hydrogen-bond acceptors (Lipinski definition) is 6.